The van der Waals surface area contributed by atoms with Crippen LogP contribution in [0.4, 0.5) is 10.8 Å². The van der Waals surface area contributed by atoms with Crippen molar-refractivity contribution in [3.05, 3.63) is 18.2 Å². The summed E-state index contributed by atoms with van der Waals surface area (Å²) in [5.74, 6) is 0.0161. The fourth-order valence-corrected chi connectivity index (χ4v) is 3.83. The molecule has 0 bridgehead atoms. The van der Waals surface area contributed by atoms with Gasteiger partial charge in [-0.25, -0.2) is 4.98 Å². The van der Waals surface area contributed by atoms with E-state index < -0.39 is 0 Å². The Balaban J connectivity index is 1.65. The maximum Gasteiger partial charge on any atom is 0.240 e. The number of amides is 1. The Kier molecular flexibility index (Phi) is 4.07. The van der Waals surface area contributed by atoms with Crippen molar-refractivity contribution in [3.8, 4) is 0 Å². The number of thiazole rings is 1. The summed E-state index contributed by atoms with van der Waals surface area (Å²) in [6.45, 7) is 3.65. The second-order valence-electron chi connectivity index (χ2n) is 5.47. The summed E-state index contributed by atoms with van der Waals surface area (Å²) in [7, 11) is 0. The molecule has 6 heteroatoms. The monoisotopic (exact) mass is 304 g/mol. The molecule has 1 saturated heterocycles. The Hall–Kier alpha value is -1.66. The molecule has 1 unspecified atom stereocenters. The third kappa shape index (κ3) is 3.16. The van der Waals surface area contributed by atoms with E-state index in [4.69, 9.17) is 5.73 Å². The van der Waals surface area contributed by atoms with Crippen LogP contribution in [0.3, 0.4) is 0 Å². The lowest BCUT2D eigenvalue weighted by atomic mass is 10.2. The van der Waals surface area contributed by atoms with Crippen molar-refractivity contribution in [1.82, 2.24) is 9.88 Å². The van der Waals surface area contributed by atoms with Crippen LogP contribution in [0.25, 0.3) is 10.2 Å². The molecule has 1 aliphatic heterocycles. The number of nitrogen functional groups attached to an aromatic ring is 1. The van der Waals surface area contributed by atoms with Crippen LogP contribution in [-0.2, 0) is 4.79 Å². The molecule has 1 atom stereocenters. The highest BCUT2D eigenvalue weighted by atomic mass is 32.1. The molecule has 5 nitrogen and oxygen atoms in total. The number of hydrogen-bond acceptors (Lipinski definition) is 5. The number of rotatable bonds is 4. The normalized spacial score (nSPS) is 19.2. The minimum Gasteiger partial charge on any atom is -0.399 e. The van der Waals surface area contributed by atoms with Gasteiger partial charge in [0.25, 0.3) is 0 Å². The van der Waals surface area contributed by atoms with E-state index in [9.17, 15) is 4.79 Å². The van der Waals surface area contributed by atoms with Gasteiger partial charge in [0.2, 0.25) is 5.91 Å². The maximum atomic E-state index is 12.2. The van der Waals surface area contributed by atoms with Gasteiger partial charge in [-0.15, -0.1) is 0 Å². The van der Waals surface area contributed by atoms with Crippen molar-refractivity contribution in [2.45, 2.75) is 32.2 Å². The second kappa shape index (κ2) is 5.99. The average Bonchev–Trinajstić information content (AvgIpc) is 3.03. The van der Waals surface area contributed by atoms with Crippen LogP contribution < -0.4 is 11.1 Å². The average molecular weight is 304 g/mol. The lowest BCUT2D eigenvalue weighted by molar-refractivity contribution is -0.117. The van der Waals surface area contributed by atoms with Crippen LogP contribution >= 0.6 is 11.3 Å². The number of nitrogens with zero attached hydrogens (tertiary/aromatic N) is 2. The van der Waals surface area contributed by atoms with Gasteiger partial charge in [-0.1, -0.05) is 18.3 Å². The van der Waals surface area contributed by atoms with Gasteiger partial charge in [0.1, 0.15) is 0 Å². The lowest BCUT2D eigenvalue weighted by Crippen LogP contribution is -2.36. The Morgan fingerprint density at radius 1 is 1.57 bits per heavy atom. The molecule has 112 valence electrons. The minimum absolute atomic E-state index is 0.0161. The quantitative estimate of drug-likeness (QED) is 0.852. The number of aromatic nitrogens is 1. The first-order valence-corrected chi connectivity index (χ1v) is 8.17. The van der Waals surface area contributed by atoms with Gasteiger partial charge in [-0.3, -0.25) is 9.69 Å². The summed E-state index contributed by atoms with van der Waals surface area (Å²) >= 11 is 1.46. The zero-order valence-electron chi connectivity index (χ0n) is 12.1. The first-order valence-electron chi connectivity index (χ1n) is 7.35. The molecular formula is C15H20N4OS. The summed E-state index contributed by atoms with van der Waals surface area (Å²) < 4.78 is 0.998. The van der Waals surface area contributed by atoms with E-state index in [2.05, 4.69) is 22.1 Å². The lowest BCUT2D eigenvalue weighted by Gasteiger charge is -2.22. The van der Waals surface area contributed by atoms with Crippen molar-refractivity contribution in [2.75, 3.05) is 24.1 Å². The standard InChI is InChI=1S/C15H20N4OS/c1-2-11-4-3-7-19(11)9-14(20)18-15-17-12-6-5-10(16)8-13(12)21-15/h5-6,8,11H,2-4,7,9,16H2,1H3,(H,17,18,20). The topological polar surface area (TPSA) is 71.2 Å². The fourth-order valence-electron chi connectivity index (χ4n) is 2.90. The number of anilines is 2. The molecule has 1 fully saturated rings. The highest BCUT2D eigenvalue weighted by molar-refractivity contribution is 7.22. The van der Waals surface area contributed by atoms with Crippen molar-refractivity contribution in [2.24, 2.45) is 0 Å². The first kappa shape index (κ1) is 14.3. The van der Waals surface area contributed by atoms with E-state index in [1.165, 1.54) is 24.2 Å². The summed E-state index contributed by atoms with van der Waals surface area (Å²) in [6, 6.07) is 6.13. The molecule has 2 heterocycles. The van der Waals surface area contributed by atoms with Crippen LogP contribution in [0.1, 0.15) is 26.2 Å². The molecule has 3 N–H and O–H groups in total. The Morgan fingerprint density at radius 2 is 2.43 bits per heavy atom. The van der Waals surface area contributed by atoms with Crippen LogP contribution in [0.2, 0.25) is 0 Å². The van der Waals surface area contributed by atoms with Gasteiger partial charge in [0, 0.05) is 11.7 Å². The van der Waals surface area contributed by atoms with Gasteiger partial charge in [0.15, 0.2) is 5.13 Å². The van der Waals surface area contributed by atoms with Gasteiger partial charge in [0.05, 0.1) is 16.8 Å². The highest BCUT2D eigenvalue weighted by Gasteiger charge is 2.24. The highest BCUT2D eigenvalue weighted by Crippen LogP contribution is 2.27. The number of nitrogens with one attached hydrogen (secondary N) is 1. The number of benzene rings is 1. The van der Waals surface area contributed by atoms with E-state index in [1.807, 2.05) is 18.2 Å². The fraction of sp³-hybridized carbons (Fsp3) is 0.467. The predicted octanol–water partition coefficient (Wildman–Crippen LogP) is 2.69. The first-order chi connectivity index (χ1) is 10.2. The van der Waals surface area contributed by atoms with Gasteiger partial charge >= 0.3 is 0 Å². The van der Waals surface area contributed by atoms with Crippen molar-refractivity contribution in [3.63, 3.8) is 0 Å². The molecule has 3 rings (SSSR count). The summed E-state index contributed by atoms with van der Waals surface area (Å²) in [4.78, 5) is 18.8. The molecular weight excluding hydrogens is 284 g/mol. The molecule has 1 aliphatic rings. The molecule has 1 aromatic carbocycles. The summed E-state index contributed by atoms with van der Waals surface area (Å²) in [6.07, 6.45) is 3.49. The third-order valence-electron chi connectivity index (χ3n) is 3.98. The summed E-state index contributed by atoms with van der Waals surface area (Å²) in [5, 5.41) is 3.55. The molecule has 0 spiro atoms. The van der Waals surface area contributed by atoms with Gasteiger partial charge in [-0.2, -0.15) is 0 Å². The zero-order valence-corrected chi connectivity index (χ0v) is 12.9. The van der Waals surface area contributed by atoms with Gasteiger partial charge in [-0.05, 0) is 44.0 Å². The molecule has 0 radical (unpaired) electrons. The van der Waals surface area contributed by atoms with Crippen molar-refractivity contribution in [1.29, 1.82) is 0 Å². The largest absolute Gasteiger partial charge is 0.399 e. The Labute approximate surface area is 128 Å². The Bertz CT molecular complexity index is 654. The van der Waals surface area contributed by atoms with E-state index in [1.54, 1.807) is 0 Å². The maximum absolute atomic E-state index is 12.2. The van der Waals surface area contributed by atoms with Gasteiger partial charge < -0.3 is 11.1 Å². The number of hydrogen-bond donors (Lipinski definition) is 2. The second-order valence-corrected chi connectivity index (χ2v) is 6.50. The van der Waals surface area contributed by atoms with E-state index in [0.29, 0.717) is 23.4 Å². The molecule has 2 aromatic rings. The number of carbonyl (C=O) groups excluding carboxylic acids is 1. The molecule has 1 aromatic heterocycles. The van der Waals surface area contributed by atoms with E-state index in [0.717, 1.165) is 23.2 Å². The minimum atomic E-state index is 0.0161. The van der Waals surface area contributed by atoms with Crippen LogP contribution in [0, 0.1) is 0 Å². The van der Waals surface area contributed by atoms with Crippen LogP contribution in [0.15, 0.2) is 18.2 Å². The molecule has 1 amide bonds. The molecule has 0 aliphatic carbocycles. The smallest absolute Gasteiger partial charge is 0.240 e. The molecule has 21 heavy (non-hydrogen) atoms. The SMILES string of the molecule is CCC1CCCN1CC(=O)Nc1nc2ccc(N)cc2s1. The van der Waals surface area contributed by atoms with Crippen molar-refractivity contribution < 1.29 is 4.79 Å². The number of carbonyl (C=O) groups is 1. The predicted molar refractivity (Wildman–Crippen MR) is 87.5 cm³/mol. The summed E-state index contributed by atoms with van der Waals surface area (Å²) in [5.41, 5.74) is 7.35. The number of likely N-dealkylation sites (tertiary alicyclic amines) is 1. The van der Waals surface area contributed by atoms with Crippen LogP contribution in [0.5, 0.6) is 0 Å². The van der Waals surface area contributed by atoms with E-state index >= 15 is 0 Å². The number of fused-ring (bicyclic) bond motifs is 1. The van der Waals surface area contributed by atoms with Crippen LogP contribution in [-0.4, -0.2) is 34.9 Å². The number of nitrogens with two attached hydrogens (primary N) is 1. The Morgan fingerprint density at radius 3 is 3.24 bits per heavy atom. The molecule has 0 saturated carbocycles. The zero-order chi connectivity index (χ0) is 14.8. The van der Waals surface area contributed by atoms with E-state index in [-0.39, 0.29) is 5.91 Å². The third-order valence-corrected chi connectivity index (χ3v) is 4.91. The van der Waals surface area contributed by atoms with Crippen molar-refractivity contribution >= 4 is 38.3 Å².